The maximum absolute atomic E-state index is 13.8. The van der Waals surface area contributed by atoms with Crippen molar-refractivity contribution in [3.05, 3.63) is 122 Å². The Labute approximate surface area is 347 Å². The van der Waals surface area contributed by atoms with Crippen LogP contribution in [0.15, 0.2) is 91.3 Å². The summed E-state index contributed by atoms with van der Waals surface area (Å²) in [6, 6.07) is 19.9. The highest BCUT2D eigenvalue weighted by atomic mass is 35.5. The molecule has 10 nitrogen and oxygen atoms in total. The summed E-state index contributed by atoms with van der Waals surface area (Å²) in [6.07, 6.45) is 7.80. The van der Waals surface area contributed by atoms with Crippen molar-refractivity contribution in [3.8, 4) is 28.3 Å². The van der Waals surface area contributed by atoms with Gasteiger partial charge in [0.15, 0.2) is 11.9 Å². The maximum Gasteiger partial charge on any atom is 0.329 e. The Morgan fingerprint density at radius 1 is 0.807 bits per heavy atom. The normalized spacial score (nSPS) is 13.0. The van der Waals surface area contributed by atoms with Gasteiger partial charge in [-0.1, -0.05) is 119 Å². The van der Waals surface area contributed by atoms with Crippen LogP contribution >= 0.6 is 34.5 Å². The number of aromatic nitrogens is 2. The number of aliphatic hydroxyl groups excluding tert-OH is 1. The lowest BCUT2D eigenvalue weighted by atomic mass is 9.95. The summed E-state index contributed by atoms with van der Waals surface area (Å²) in [4.78, 5) is 50.2. The molecule has 2 aromatic heterocycles. The zero-order valence-electron chi connectivity index (χ0n) is 32.4. The average Bonchev–Trinajstić information content (AvgIpc) is 3.71. The number of hydrogen-bond donors (Lipinski definition) is 4. The first-order valence-electron chi connectivity index (χ1n) is 19.0. The molecule has 0 fully saturated rings. The number of benzene rings is 3. The van der Waals surface area contributed by atoms with Crippen molar-refractivity contribution >= 4 is 52.3 Å². The van der Waals surface area contributed by atoms with E-state index in [1.807, 2.05) is 63.2 Å². The van der Waals surface area contributed by atoms with Crippen LogP contribution in [0.1, 0.15) is 91.6 Å². The number of hydrogen-bond acceptors (Lipinski definition) is 8. The Balaban J connectivity index is 1.29. The molecule has 0 aliphatic heterocycles. The highest BCUT2D eigenvalue weighted by Gasteiger charge is 2.33. The predicted octanol–water partition coefficient (Wildman–Crippen LogP) is 9.47. The van der Waals surface area contributed by atoms with Crippen molar-refractivity contribution in [2.45, 2.75) is 89.8 Å². The first kappa shape index (κ1) is 43.3. The minimum absolute atomic E-state index is 0.0168. The minimum Gasteiger partial charge on any atom is -0.494 e. The van der Waals surface area contributed by atoms with E-state index in [0.717, 1.165) is 33.7 Å². The largest absolute Gasteiger partial charge is 0.494 e. The summed E-state index contributed by atoms with van der Waals surface area (Å²) < 4.78 is 5.90. The summed E-state index contributed by atoms with van der Waals surface area (Å²) in [7, 11) is 0. The summed E-state index contributed by atoms with van der Waals surface area (Å²) in [5.74, 6) is -1.44. The van der Waals surface area contributed by atoms with E-state index in [9.17, 15) is 24.6 Å². The number of rotatable bonds is 18. The number of nitrogens with zero attached hydrogens (tertiary/aromatic N) is 2. The van der Waals surface area contributed by atoms with Crippen LogP contribution in [0.2, 0.25) is 10.0 Å². The highest BCUT2D eigenvalue weighted by Crippen LogP contribution is 2.30. The second-order valence-electron chi connectivity index (χ2n) is 14.9. The maximum atomic E-state index is 13.8. The van der Waals surface area contributed by atoms with E-state index in [1.54, 1.807) is 30.6 Å². The molecule has 0 radical (unpaired) electrons. The van der Waals surface area contributed by atoms with E-state index in [-0.39, 0.29) is 27.4 Å². The van der Waals surface area contributed by atoms with E-state index in [4.69, 9.17) is 27.9 Å². The van der Waals surface area contributed by atoms with Gasteiger partial charge in [0.05, 0.1) is 21.5 Å². The number of nitrogens with one attached hydrogen (secondary N) is 2. The van der Waals surface area contributed by atoms with Crippen LogP contribution in [0.3, 0.4) is 0 Å². The Bertz CT molecular complexity index is 2120. The molecule has 2 amide bonds. The van der Waals surface area contributed by atoms with Crippen molar-refractivity contribution in [1.29, 1.82) is 0 Å². The summed E-state index contributed by atoms with van der Waals surface area (Å²) in [6.45, 7) is 9.02. The first-order valence-corrected chi connectivity index (χ1v) is 20.5. The second kappa shape index (κ2) is 20.1. The molecule has 300 valence electrons. The zero-order chi connectivity index (χ0) is 41.1. The van der Waals surface area contributed by atoms with Crippen molar-refractivity contribution in [2.75, 3.05) is 6.61 Å². The SMILES string of the molecule is CCCCCCCOc1ccc(-c2cnc(-c3ccc(CC(NC(=O)c4ccc(C(C)(C)C)s4)C(=O)NC(C(=O)O)C(O)c4ccc(Cl)c(Cl)c4)cc3)nc2)cc1. The molecule has 13 heteroatoms. The lowest BCUT2D eigenvalue weighted by Crippen LogP contribution is -2.54. The third-order valence-corrected chi connectivity index (χ3v) is 11.6. The number of unbranched alkanes of at least 4 members (excludes halogenated alkanes) is 4. The van der Waals surface area contributed by atoms with Crippen molar-refractivity contribution in [2.24, 2.45) is 0 Å². The number of carboxylic acid groups (broad SMARTS) is 1. The van der Waals surface area contributed by atoms with Gasteiger partial charge in [0.2, 0.25) is 5.91 Å². The van der Waals surface area contributed by atoms with Crippen LogP contribution < -0.4 is 15.4 Å². The zero-order valence-corrected chi connectivity index (χ0v) is 34.8. The molecule has 0 spiro atoms. The molecule has 0 aliphatic carbocycles. The molecule has 0 saturated carbocycles. The van der Waals surface area contributed by atoms with Gasteiger partial charge in [0, 0.05) is 34.8 Å². The summed E-state index contributed by atoms with van der Waals surface area (Å²) in [5.41, 5.74) is 3.19. The number of amides is 2. The van der Waals surface area contributed by atoms with Gasteiger partial charge in [-0.25, -0.2) is 14.8 Å². The molecule has 3 aromatic carbocycles. The smallest absolute Gasteiger partial charge is 0.329 e. The van der Waals surface area contributed by atoms with Crippen LogP contribution in [0.5, 0.6) is 5.75 Å². The van der Waals surface area contributed by atoms with Crippen molar-refractivity contribution < 1.29 is 29.3 Å². The van der Waals surface area contributed by atoms with E-state index >= 15 is 0 Å². The molecule has 3 unspecified atom stereocenters. The van der Waals surface area contributed by atoms with Crippen LogP contribution in [0.25, 0.3) is 22.5 Å². The van der Waals surface area contributed by atoms with Gasteiger partial charge in [0.25, 0.3) is 5.91 Å². The molecule has 4 N–H and O–H groups in total. The van der Waals surface area contributed by atoms with Gasteiger partial charge < -0.3 is 25.6 Å². The second-order valence-corrected chi connectivity index (χ2v) is 16.8. The van der Waals surface area contributed by atoms with Crippen LogP contribution in [-0.4, -0.2) is 56.7 Å². The van der Waals surface area contributed by atoms with Gasteiger partial charge in [-0.05, 0) is 64.9 Å². The molecule has 2 heterocycles. The van der Waals surface area contributed by atoms with Crippen LogP contribution in [0, 0.1) is 0 Å². The molecular formula is C44H48Cl2N4O6S. The number of carbonyl (C=O) groups excluding carboxylic acids is 2. The Morgan fingerprint density at radius 2 is 1.47 bits per heavy atom. The Hall–Kier alpha value is -4.81. The minimum atomic E-state index is -1.76. The lowest BCUT2D eigenvalue weighted by molar-refractivity contribution is -0.145. The van der Waals surface area contributed by atoms with E-state index in [1.165, 1.54) is 55.2 Å². The number of halogens is 2. The fourth-order valence-corrected chi connectivity index (χ4v) is 7.28. The third-order valence-electron chi connectivity index (χ3n) is 9.36. The number of carbonyl (C=O) groups is 3. The van der Waals surface area contributed by atoms with Gasteiger partial charge in [-0.15, -0.1) is 11.3 Å². The number of ether oxygens (including phenoxy) is 1. The highest BCUT2D eigenvalue weighted by molar-refractivity contribution is 7.14. The summed E-state index contributed by atoms with van der Waals surface area (Å²) in [5, 5.41) is 26.6. The molecule has 0 saturated heterocycles. The van der Waals surface area contributed by atoms with E-state index in [0.29, 0.717) is 22.9 Å². The van der Waals surface area contributed by atoms with Crippen LogP contribution in [0.4, 0.5) is 0 Å². The third kappa shape index (κ3) is 12.1. The lowest BCUT2D eigenvalue weighted by Gasteiger charge is -2.25. The number of carboxylic acids is 1. The number of aliphatic hydroxyl groups is 1. The molecule has 57 heavy (non-hydrogen) atoms. The van der Waals surface area contributed by atoms with Gasteiger partial charge in [-0.2, -0.15) is 0 Å². The first-order chi connectivity index (χ1) is 27.2. The fourth-order valence-electron chi connectivity index (χ4n) is 6.01. The van der Waals surface area contributed by atoms with Crippen LogP contribution in [-0.2, 0) is 21.4 Å². The van der Waals surface area contributed by atoms with Gasteiger partial charge in [-0.3, -0.25) is 9.59 Å². The fraction of sp³-hybridized carbons (Fsp3) is 0.341. The predicted molar refractivity (Wildman–Crippen MR) is 226 cm³/mol. The standard InChI is InChI=1S/C44H48Cl2N4O6S/c1-5-6-7-8-9-22-56-32-17-14-28(15-18-32)31-25-47-40(48-26-31)29-12-10-27(11-13-29)23-35(49-42(53)36-20-21-37(57-36)44(2,3)4)41(52)50-38(43(54)55)39(51)30-16-19-33(45)34(46)24-30/h10-21,24-26,35,38-39,51H,5-9,22-23H2,1-4H3,(H,49,53)(H,50,52)(H,54,55). The number of thiophene rings is 1. The molecule has 5 rings (SSSR count). The molecule has 3 atom stereocenters. The Kier molecular flexibility index (Phi) is 15.2. The monoisotopic (exact) mass is 830 g/mol. The molecule has 0 bridgehead atoms. The van der Waals surface area contributed by atoms with Crippen molar-refractivity contribution in [3.63, 3.8) is 0 Å². The molecular weight excluding hydrogens is 783 g/mol. The molecule has 0 aliphatic rings. The topological polar surface area (TPSA) is 151 Å². The quantitative estimate of drug-likeness (QED) is 0.0638. The van der Waals surface area contributed by atoms with Gasteiger partial charge in [0.1, 0.15) is 17.9 Å². The number of aliphatic carboxylic acids is 1. The van der Waals surface area contributed by atoms with E-state index in [2.05, 4.69) is 27.5 Å². The van der Waals surface area contributed by atoms with E-state index < -0.39 is 36.0 Å². The molecule has 5 aromatic rings. The van der Waals surface area contributed by atoms with Gasteiger partial charge >= 0.3 is 5.97 Å². The average molecular weight is 832 g/mol. The van der Waals surface area contributed by atoms with Crippen molar-refractivity contribution in [1.82, 2.24) is 20.6 Å². The summed E-state index contributed by atoms with van der Waals surface area (Å²) >= 11 is 13.4. The Morgan fingerprint density at radius 3 is 2.09 bits per heavy atom.